The van der Waals surface area contributed by atoms with Crippen LogP contribution in [0.25, 0.3) is 0 Å². The topological polar surface area (TPSA) is 49.3 Å². The highest BCUT2D eigenvalue weighted by atomic mass is 19.4. The zero-order chi connectivity index (χ0) is 14.0. The molecule has 1 fully saturated rings. The van der Waals surface area contributed by atoms with Crippen LogP contribution in [0.4, 0.5) is 13.2 Å². The first kappa shape index (κ1) is 15.3. The lowest BCUT2D eigenvalue weighted by molar-refractivity contribution is -0.208. The van der Waals surface area contributed by atoms with Crippen molar-refractivity contribution in [2.45, 2.75) is 63.7 Å². The zero-order valence-electron chi connectivity index (χ0n) is 10.7. The van der Waals surface area contributed by atoms with Crippen LogP contribution in [-0.2, 0) is 4.79 Å². The molecular formula is C12H20F3NO2. The molecule has 0 heterocycles. The Kier molecular flexibility index (Phi) is 4.64. The van der Waals surface area contributed by atoms with Crippen molar-refractivity contribution in [1.82, 2.24) is 5.32 Å². The quantitative estimate of drug-likeness (QED) is 0.823. The molecule has 0 radical (unpaired) electrons. The highest BCUT2D eigenvalue weighted by molar-refractivity contribution is 5.79. The first-order valence-corrected chi connectivity index (χ1v) is 6.28. The van der Waals surface area contributed by atoms with Crippen LogP contribution in [0.15, 0.2) is 0 Å². The fourth-order valence-corrected chi connectivity index (χ4v) is 2.47. The second-order valence-corrected chi connectivity index (χ2v) is 5.21. The minimum atomic E-state index is -4.79. The molecule has 0 saturated heterocycles. The highest BCUT2D eigenvalue weighted by Gasteiger charge is 2.58. The van der Waals surface area contributed by atoms with Crippen LogP contribution >= 0.6 is 0 Å². The molecule has 106 valence electrons. The minimum absolute atomic E-state index is 0.369. The second-order valence-electron chi connectivity index (χ2n) is 5.21. The summed E-state index contributed by atoms with van der Waals surface area (Å²) in [6.45, 7) is 2.71. The maximum absolute atomic E-state index is 12.8. The van der Waals surface area contributed by atoms with Crippen molar-refractivity contribution in [3.63, 3.8) is 0 Å². The zero-order valence-corrected chi connectivity index (χ0v) is 10.7. The lowest BCUT2D eigenvalue weighted by Gasteiger charge is -2.36. The molecule has 18 heavy (non-hydrogen) atoms. The summed E-state index contributed by atoms with van der Waals surface area (Å²) in [7, 11) is 0. The Hall–Kier alpha value is -0.780. The molecular weight excluding hydrogens is 247 g/mol. The number of rotatable bonds is 4. The van der Waals surface area contributed by atoms with E-state index in [1.807, 2.05) is 6.92 Å². The van der Waals surface area contributed by atoms with Gasteiger partial charge in [-0.3, -0.25) is 5.32 Å². The van der Waals surface area contributed by atoms with E-state index in [2.05, 4.69) is 5.32 Å². The average Bonchev–Trinajstić information content (AvgIpc) is 2.27. The van der Waals surface area contributed by atoms with E-state index in [9.17, 15) is 18.0 Å². The Morgan fingerprint density at radius 1 is 1.39 bits per heavy atom. The fourth-order valence-electron chi connectivity index (χ4n) is 2.47. The predicted octanol–water partition coefficient (Wildman–Crippen LogP) is 2.95. The van der Waals surface area contributed by atoms with Crippen LogP contribution < -0.4 is 5.32 Å². The van der Waals surface area contributed by atoms with Crippen molar-refractivity contribution in [2.75, 3.05) is 0 Å². The van der Waals surface area contributed by atoms with Gasteiger partial charge in [-0.1, -0.05) is 26.2 Å². The number of carboxylic acids is 1. The monoisotopic (exact) mass is 267 g/mol. The number of nitrogens with one attached hydrogen (secondary N) is 1. The van der Waals surface area contributed by atoms with Gasteiger partial charge in [0.1, 0.15) is 0 Å². The van der Waals surface area contributed by atoms with Gasteiger partial charge in [-0.25, -0.2) is 4.79 Å². The SMILES string of the molecule is CCC1CCCC(NC(C)(C(=O)O)C(F)(F)F)C1. The van der Waals surface area contributed by atoms with Gasteiger partial charge >= 0.3 is 12.1 Å². The van der Waals surface area contributed by atoms with Gasteiger partial charge in [0.25, 0.3) is 0 Å². The highest BCUT2D eigenvalue weighted by Crippen LogP contribution is 2.34. The number of aliphatic carboxylic acids is 1. The summed E-state index contributed by atoms with van der Waals surface area (Å²) < 4.78 is 38.5. The van der Waals surface area contributed by atoms with Gasteiger partial charge < -0.3 is 5.11 Å². The maximum atomic E-state index is 12.8. The molecule has 0 aromatic rings. The van der Waals surface area contributed by atoms with E-state index in [1.165, 1.54) is 0 Å². The number of carboxylic acid groups (broad SMARTS) is 1. The molecule has 2 N–H and O–H groups in total. The van der Waals surface area contributed by atoms with E-state index in [-0.39, 0.29) is 6.04 Å². The fraction of sp³-hybridized carbons (Fsp3) is 0.917. The molecule has 3 nitrogen and oxygen atoms in total. The molecule has 0 spiro atoms. The van der Waals surface area contributed by atoms with Crippen molar-refractivity contribution < 1.29 is 23.1 Å². The van der Waals surface area contributed by atoms with Crippen LogP contribution in [0.3, 0.4) is 0 Å². The first-order chi connectivity index (χ1) is 8.20. The van der Waals surface area contributed by atoms with Crippen LogP contribution in [-0.4, -0.2) is 28.8 Å². The number of hydrogen-bond acceptors (Lipinski definition) is 2. The molecule has 3 atom stereocenters. The lowest BCUT2D eigenvalue weighted by atomic mass is 9.83. The van der Waals surface area contributed by atoms with E-state index in [4.69, 9.17) is 5.11 Å². The molecule has 1 saturated carbocycles. The molecule has 0 aromatic carbocycles. The normalized spacial score (nSPS) is 28.7. The third-order valence-electron chi connectivity index (χ3n) is 3.85. The average molecular weight is 267 g/mol. The second kappa shape index (κ2) is 5.47. The summed E-state index contributed by atoms with van der Waals surface area (Å²) in [4.78, 5) is 10.9. The molecule has 0 bridgehead atoms. The van der Waals surface area contributed by atoms with E-state index in [0.717, 1.165) is 19.3 Å². The molecule has 1 rings (SSSR count). The molecule has 1 aliphatic rings. The summed E-state index contributed by atoms with van der Waals surface area (Å²) in [5.41, 5.74) is -2.85. The Balaban J connectivity index is 2.76. The third-order valence-corrected chi connectivity index (χ3v) is 3.85. The summed E-state index contributed by atoms with van der Waals surface area (Å²) in [5.74, 6) is -1.48. The van der Waals surface area contributed by atoms with E-state index in [1.54, 1.807) is 0 Å². The van der Waals surface area contributed by atoms with E-state index >= 15 is 0 Å². The lowest BCUT2D eigenvalue weighted by Crippen LogP contribution is -2.63. The largest absolute Gasteiger partial charge is 0.480 e. The smallest absolute Gasteiger partial charge is 0.417 e. The van der Waals surface area contributed by atoms with Gasteiger partial charge in [0.2, 0.25) is 5.54 Å². The summed E-state index contributed by atoms with van der Waals surface area (Å²) in [5, 5.41) is 11.2. The van der Waals surface area contributed by atoms with Crippen LogP contribution in [0.5, 0.6) is 0 Å². The Labute approximate surface area is 105 Å². The van der Waals surface area contributed by atoms with Crippen molar-refractivity contribution in [3.05, 3.63) is 0 Å². The van der Waals surface area contributed by atoms with Gasteiger partial charge in [-0.2, -0.15) is 13.2 Å². The van der Waals surface area contributed by atoms with Gasteiger partial charge in [-0.05, 0) is 25.7 Å². The minimum Gasteiger partial charge on any atom is -0.480 e. The van der Waals surface area contributed by atoms with Gasteiger partial charge in [0, 0.05) is 6.04 Å². The summed E-state index contributed by atoms with van der Waals surface area (Å²) in [6, 6.07) is -0.369. The number of hydrogen-bond donors (Lipinski definition) is 2. The molecule has 0 aromatic heterocycles. The number of alkyl halides is 3. The van der Waals surface area contributed by atoms with E-state index < -0.39 is 17.7 Å². The van der Waals surface area contributed by atoms with Crippen molar-refractivity contribution in [3.8, 4) is 0 Å². The molecule has 6 heteroatoms. The molecule has 0 aliphatic heterocycles. The van der Waals surface area contributed by atoms with Gasteiger partial charge in [0.05, 0.1) is 0 Å². The van der Waals surface area contributed by atoms with Crippen LogP contribution in [0.2, 0.25) is 0 Å². The standard InChI is InChI=1S/C12H20F3NO2/c1-3-8-5-4-6-9(7-8)16-11(2,10(17)18)12(13,14)15/h8-9,16H,3-7H2,1-2H3,(H,17,18). The van der Waals surface area contributed by atoms with Gasteiger partial charge in [-0.15, -0.1) is 0 Å². The third kappa shape index (κ3) is 3.16. The van der Waals surface area contributed by atoms with E-state index in [0.29, 0.717) is 25.7 Å². The predicted molar refractivity (Wildman–Crippen MR) is 61.3 cm³/mol. The number of carbonyl (C=O) groups is 1. The summed E-state index contributed by atoms with van der Waals surface area (Å²) in [6.07, 6.45) is -0.773. The Morgan fingerprint density at radius 2 is 2.00 bits per heavy atom. The molecule has 3 unspecified atom stereocenters. The van der Waals surface area contributed by atoms with Crippen LogP contribution in [0, 0.1) is 5.92 Å². The summed E-state index contributed by atoms with van der Waals surface area (Å²) >= 11 is 0. The Bertz CT molecular complexity index is 306. The van der Waals surface area contributed by atoms with Crippen molar-refractivity contribution >= 4 is 5.97 Å². The maximum Gasteiger partial charge on any atom is 0.417 e. The Morgan fingerprint density at radius 3 is 2.44 bits per heavy atom. The van der Waals surface area contributed by atoms with Crippen molar-refractivity contribution in [1.29, 1.82) is 0 Å². The van der Waals surface area contributed by atoms with Gasteiger partial charge in [0.15, 0.2) is 0 Å². The number of halogens is 3. The molecule has 1 aliphatic carbocycles. The van der Waals surface area contributed by atoms with Crippen LogP contribution in [0.1, 0.15) is 46.0 Å². The molecule has 0 amide bonds. The first-order valence-electron chi connectivity index (χ1n) is 6.28. The van der Waals surface area contributed by atoms with Crippen molar-refractivity contribution in [2.24, 2.45) is 5.92 Å².